The van der Waals surface area contributed by atoms with Crippen molar-refractivity contribution < 1.29 is 9.50 Å². The van der Waals surface area contributed by atoms with Crippen LogP contribution in [0.4, 0.5) is 15.8 Å². The fourth-order valence-electron chi connectivity index (χ4n) is 3.50. The Balaban J connectivity index is 1.86. The number of hydrogen-bond donors (Lipinski definition) is 1. The van der Waals surface area contributed by atoms with Crippen LogP contribution in [-0.2, 0) is 6.42 Å². The number of benzene rings is 3. The third kappa shape index (κ3) is 2.62. The zero-order valence-electron chi connectivity index (χ0n) is 13.2. The lowest BCUT2D eigenvalue weighted by Crippen LogP contribution is -2.29. The van der Waals surface area contributed by atoms with E-state index in [2.05, 4.69) is 17.0 Å². The van der Waals surface area contributed by atoms with E-state index in [4.69, 9.17) is 0 Å². The molecule has 1 heterocycles. The Kier molecular flexibility index (Phi) is 3.69. The number of anilines is 2. The predicted octanol–water partition coefficient (Wildman–Crippen LogP) is 5.36. The Morgan fingerprint density at radius 2 is 1.67 bits per heavy atom. The molecular formula is C21H18FNO. The second-order valence-electron chi connectivity index (χ2n) is 6.12. The summed E-state index contributed by atoms with van der Waals surface area (Å²) in [6.07, 6.45) is 1.77. The third-order valence-electron chi connectivity index (χ3n) is 4.61. The highest BCUT2D eigenvalue weighted by Gasteiger charge is 2.28. The smallest absolute Gasteiger partial charge is 0.123 e. The molecule has 0 amide bonds. The van der Waals surface area contributed by atoms with Crippen LogP contribution in [0.1, 0.15) is 23.6 Å². The quantitative estimate of drug-likeness (QED) is 0.687. The summed E-state index contributed by atoms with van der Waals surface area (Å²) in [4.78, 5) is 2.24. The van der Waals surface area contributed by atoms with Gasteiger partial charge in [0.25, 0.3) is 0 Å². The van der Waals surface area contributed by atoms with E-state index in [9.17, 15) is 9.50 Å². The van der Waals surface area contributed by atoms with E-state index >= 15 is 0 Å². The maximum absolute atomic E-state index is 13.6. The molecule has 0 radical (unpaired) electrons. The minimum Gasteiger partial charge on any atom is -0.508 e. The van der Waals surface area contributed by atoms with Crippen LogP contribution in [0.3, 0.4) is 0 Å². The largest absolute Gasteiger partial charge is 0.508 e. The van der Waals surface area contributed by atoms with Crippen molar-refractivity contribution in [2.75, 3.05) is 4.90 Å². The Labute approximate surface area is 140 Å². The number of aryl methyl sites for hydroxylation is 1. The molecule has 1 unspecified atom stereocenters. The van der Waals surface area contributed by atoms with Gasteiger partial charge in [-0.3, -0.25) is 0 Å². The molecule has 3 aromatic rings. The highest BCUT2D eigenvalue weighted by molar-refractivity contribution is 5.70. The molecule has 0 saturated carbocycles. The fourth-order valence-corrected chi connectivity index (χ4v) is 3.50. The second kappa shape index (κ2) is 6.00. The van der Waals surface area contributed by atoms with Crippen molar-refractivity contribution in [1.29, 1.82) is 0 Å². The van der Waals surface area contributed by atoms with Gasteiger partial charge in [-0.2, -0.15) is 0 Å². The zero-order valence-corrected chi connectivity index (χ0v) is 13.2. The molecule has 1 N–H and O–H groups in total. The number of rotatable bonds is 2. The summed E-state index contributed by atoms with van der Waals surface area (Å²) in [6.45, 7) is 0. The molecule has 1 aliphatic heterocycles. The molecule has 1 atom stereocenters. The van der Waals surface area contributed by atoms with Crippen molar-refractivity contribution in [3.8, 4) is 5.75 Å². The standard InChI is InChI=1S/C21H18FNO/c22-17-7-13-21-16(14-17)6-12-20(15-4-2-1-3-5-15)23(21)18-8-10-19(24)11-9-18/h1-5,7-11,13-14,20,24H,6,12H2. The normalized spacial score (nSPS) is 16.7. The van der Waals surface area contributed by atoms with E-state index in [1.165, 1.54) is 11.6 Å². The number of halogens is 1. The lowest BCUT2D eigenvalue weighted by molar-refractivity contribution is 0.475. The molecular weight excluding hydrogens is 301 g/mol. The summed E-state index contributed by atoms with van der Waals surface area (Å²) >= 11 is 0. The van der Waals surface area contributed by atoms with Gasteiger partial charge in [-0.25, -0.2) is 4.39 Å². The van der Waals surface area contributed by atoms with Crippen molar-refractivity contribution in [2.45, 2.75) is 18.9 Å². The van der Waals surface area contributed by atoms with E-state index in [0.29, 0.717) is 0 Å². The SMILES string of the molecule is Oc1ccc(N2c3ccc(F)cc3CCC2c2ccccc2)cc1. The van der Waals surface area contributed by atoms with Gasteiger partial charge in [0, 0.05) is 11.4 Å². The number of hydrogen-bond acceptors (Lipinski definition) is 2. The number of phenolic OH excluding ortho intramolecular Hbond substituents is 1. The highest BCUT2D eigenvalue weighted by atomic mass is 19.1. The molecule has 120 valence electrons. The number of fused-ring (bicyclic) bond motifs is 1. The number of aromatic hydroxyl groups is 1. The maximum Gasteiger partial charge on any atom is 0.123 e. The van der Waals surface area contributed by atoms with Gasteiger partial charge >= 0.3 is 0 Å². The molecule has 0 aliphatic carbocycles. The highest BCUT2D eigenvalue weighted by Crippen LogP contribution is 2.44. The van der Waals surface area contributed by atoms with E-state index in [-0.39, 0.29) is 17.6 Å². The molecule has 0 bridgehead atoms. The van der Waals surface area contributed by atoms with Crippen LogP contribution in [0.2, 0.25) is 0 Å². The van der Waals surface area contributed by atoms with E-state index < -0.39 is 0 Å². The number of nitrogens with zero attached hydrogens (tertiary/aromatic N) is 1. The molecule has 3 heteroatoms. The minimum atomic E-state index is -0.197. The Morgan fingerprint density at radius 3 is 2.42 bits per heavy atom. The second-order valence-corrected chi connectivity index (χ2v) is 6.12. The van der Waals surface area contributed by atoms with Crippen LogP contribution >= 0.6 is 0 Å². The fraction of sp³-hybridized carbons (Fsp3) is 0.143. The summed E-state index contributed by atoms with van der Waals surface area (Å²) in [5.41, 5.74) is 4.28. The first-order valence-corrected chi connectivity index (χ1v) is 8.14. The van der Waals surface area contributed by atoms with Gasteiger partial charge in [0.05, 0.1) is 6.04 Å². The summed E-state index contributed by atoms with van der Waals surface area (Å²) in [5.74, 6) is 0.0453. The molecule has 4 rings (SSSR count). The molecule has 1 aliphatic rings. The van der Waals surface area contributed by atoms with Gasteiger partial charge in [0.1, 0.15) is 11.6 Å². The summed E-state index contributed by atoms with van der Waals surface area (Å²) < 4.78 is 13.6. The zero-order chi connectivity index (χ0) is 16.5. The van der Waals surface area contributed by atoms with Crippen LogP contribution in [0, 0.1) is 5.82 Å². The van der Waals surface area contributed by atoms with Gasteiger partial charge in [-0.05, 0) is 66.4 Å². The van der Waals surface area contributed by atoms with Crippen molar-refractivity contribution >= 4 is 11.4 Å². The third-order valence-corrected chi connectivity index (χ3v) is 4.61. The van der Waals surface area contributed by atoms with E-state index in [0.717, 1.165) is 29.8 Å². The Bertz CT molecular complexity index is 845. The lowest BCUT2D eigenvalue weighted by Gasteiger charge is -2.39. The molecule has 2 nitrogen and oxygen atoms in total. The maximum atomic E-state index is 13.6. The number of phenols is 1. The molecule has 0 aromatic heterocycles. The van der Waals surface area contributed by atoms with Gasteiger partial charge in [0.2, 0.25) is 0 Å². The van der Waals surface area contributed by atoms with Crippen molar-refractivity contribution in [2.24, 2.45) is 0 Å². The van der Waals surface area contributed by atoms with Gasteiger partial charge in [-0.15, -0.1) is 0 Å². The molecule has 0 spiro atoms. The lowest BCUT2D eigenvalue weighted by atomic mass is 9.90. The Morgan fingerprint density at radius 1 is 0.917 bits per heavy atom. The van der Waals surface area contributed by atoms with Crippen molar-refractivity contribution in [3.63, 3.8) is 0 Å². The van der Waals surface area contributed by atoms with Gasteiger partial charge < -0.3 is 10.0 Å². The van der Waals surface area contributed by atoms with Gasteiger partial charge in [-0.1, -0.05) is 30.3 Å². The molecule has 0 fully saturated rings. The molecule has 3 aromatic carbocycles. The topological polar surface area (TPSA) is 23.5 Å². The van der Waals surface area contributed by atoms with Crippen LogP contribution in [-0.4, -0.2) is 5.11 Å². The Hall–Kier alpha value is -2.81. The van der Waals surface area contributed by atoms with Crippen LogP contribution < -0.4 is 4.90 Å². The van der Waals surface area contributed by atoms with E-state index in [1.54, 1.807) is 18.2 Å². The monoisotopic (exact) mass is 319 g/mol. The first kappa shape index (κ1) is 14.8. The predicted molar refractivity (Wildman–Crippen MR) is 94.1 cm³/mol. The van der Waals surface area contributed by atoms with E-state index in [1.807, 2.05) is 36.4 Å². The summed E-state index contributed by atoms with van der Waals surface area (Å²) in [7, 11) is 0. The van der Waals surface area contributed by atoms with Crippen molar-refractivity contribution in [1.82, 2.24) is 0 Å². The first-order chi connectivity index (χ1) is 11.7. The van der Waals surface area contributed by atoms with Crippen LogP contribution in [0.5, 0.6) is 5.75 Å². The van der Waals surface area contributed by atoms with Crippen LogP contribution in [0.25, 0.3) is 0 Å². The summed E-state index contributed by atoms with van der Waals surface area (Å²) in [6, 6.07) is 22.7. The van der Waals surface area contributed by atoms with Crippen LogP contribution in [0.15, 0.2) is 72.8 Å². The summed E-state index contributed by atoms with van der Waals surface area (Å²) in [5, 5.41) is 9.60. The first-order valence-electron chi connectivity index (χ1n) is 8.14. The van der Waals surface area contributed by atoms with Gasteiger partial charge in [0.15, 0.2) is 0 Å². The van der Waals surface area contributed by atoms with Crippen molar-refractivity contribution in [3.05, 3.63) is 89.7 Å². The average Bonchev–Trinajstić information content (AvgIpc) is 2.62. The minimum absolute atomic E-state index is 0.189. The average molecular weight is 319 g/mol. The molecule has 0 saturated heterocycles. The molecule has 24 heavy (non-hydrogen) atoms.